The molecule has 0 radical (unpaired) electrons. The van der Waals surface area contributed by atoms with Gasteiger partial charge in [0.15, 0.2) is 5.69 Å². The second kappa shape index (κ2) is 8.00. The summed E-state index contributed by atoms with van der Waals surface area (Å²) in [5.74, 6) is 0. The number of aromatic nitrogens is 1. The van der Waals surface area contributed by atoms with E-state index in [1.165, 1.54) is 18.2 Å². The summed E-state index contributed by atoms with van der Waals surface area (Å²) in [5.41, 5.74) is 0.397. The van der Waals surface area contributed by atoms with E-state index in [1.54, 1.807) is 41.8 Å². The minimum absolute atomic E-state index is 0.0532. The Labute approximate surface area is 185 Å². The van der Waals surface area contributed by atoms with Crippen molar-refractivity contribution in [1.82, 2.24) is 4.57 Å². The van der Waals surface area contributed by atoms with Crippen molar-refractivity contribution in [3.63, 3.8) is 0 Å². The summed E-state index contributed by atoms with van der Waals surface area (Å²) in [5, 5.41) is -0.0532. The molecule has 1 aromatic heterocycles. The number of halogens is 6. The molecule has 168 valence electrons. The Bertz CT molecular complexity index is 1390. The molecule has 2 nitrogen and oxygen atoms in total. The van der Waals surface area contributed by atoms with Crippen molar-refractivity contribution in [2.24, 2.45) is 0 Å². The van der Waals surface area contributed by atoms with Gasteiger partial charge in [-0.25, -0.2) is 4.85 Å². The monoisotopic (exact) mass is 458 g/mol. The molecule has 0 saturated carbocycles. The van der Waals surface area contributed by atoms with E-state index in [0.717, 1.165) is 18.2 Å². The average Bonchev–Trinajstić information content (AvgIpc) is 3.06. The average molecular weight is 458 g/mol. The van der Waals surface area contributed by atoms with Gasteiger partial charge in [0.25, 0.3) is 0 Å². The zero-order chi connectivity index (χ0) is 24.0. The third-order valence-electron chi connectivity index (χ3n) is 5.47. The van der Waals surface area contributed by atoms with Gasteiger partial charge in [-0.1, -0.05) is 36.4 Å². The number of fused-ring (bicyclic) bond motifs is 1. The molecule has 0 bridgehead atoms. The number of alkyl halides is 6. The normalized spacial score (nSPS) is 12.2. The van der Waals surface area contributed by atoms with Crippen molar-refractivity contribution in [2.75, 3.05) is 0 Å². The molecule has 0 N–H and O–H groups in total. The molecule has 0 aliphatic carbocycles. The van der Waals surface area contributed by atoms with E-state index < -0.39 is 29.2 Å². The van der Waals surface area contributed by atoms with Crippen LogP contribution in [0.2, 0.25) is 0 Å². The van der Waals surface area contributed by atoms with Gasteiger partial charge in [-0.3, -0.25) is 0 Å². The van der Waals surface area contributed by atoms with Crippen LogP contribution in [-0.2, 0) is 18.9 Å². The minimum atomic E-state index is -4.68. The second-order valence-corrected chi connectivity index (χ2v) is 7.65. The quantitative estimate of drug-likeness (QED) is 0.216. The smallest absolute Gasteiger partial charge is 0.341 e. The van der Waals surface area contributed by atoms with Crippen molar-refractivity contribution in [3.8, 4) is 11.1 Å². The molecular weight excluding hydrogens is 442 g/mol. The number of hydrogen-bond donors (Lipinski definition) is 0. The molecule has 8 heteroatoms. The first kappa shape index (κ1) is 22.5. The summed E-state index contributed by atoms with van der Waals surface area (Å²) < 4.78 is 81.9. The van der Waals surface area contributed by atoms with Gasteiger partial charge < -0.3 is 4.57 Å². The van der Waals surface area contributed by atoms with Crippen LogP contribution in [-0.4, -0.2) is 4.57 Å². The predicted molar refractivity (Wildman–Crippen MR) is 114 cm³/mol. The van der Waals surface area contributed by atoms with E-state index >= 15 is 0 Å². The number of benzene rings is 3. The summed E-state index contributed by atoms with van der Waals surface area (Å²) >= 11 is 0. The highest BCUT2D eigenvalue weighted by atomic mass is 19.4. The van der Waals surface area contributed by atoms with Crippen LogP contribution in [0.5, 0.6) is 0 Å². The Morgan fingerprint density at radius 3 is 2.12 bits per heavy atom. The number of hydrogen-bond acceptors (Lipinski definition) is 0. The highest BCUT2D eigenvalue weighted by Gasteiger charge is 2.36. The first-order valence-corrected chi connectivity index (χ1v) is 9.83. The molecule has 0 saturated heterocycles. The maximum absolute atomic E-state index is 13.7. The highest BCUT2D eigenvalue weighted by molar-refractivity contribution is 5.90. The lowest BCUT2D eigenvalue weighted by Crippen LogP contribution is -2.06. The predicted octanol–water partition coefficient (Wildman–Crippen LogP) is 8.25. The highest BCUT2D eigenvalue weighted by Crippen LogP contribution is 2.42. The molecule has 33 heavy (non-hydrogen) atoms. The molecule has 0 spiro atoms. The molecule has 0 unspecified atom stereocenters. The Hall–Kier alpha value is -3.73. The van der Waals surface area contributed by atoms with E-state index in [9.17, 15) is 26.3 Å². The van der Waals surface area contributed by atoms with Gasteiger partial charge in [-0.05, 0) is 53.9 Å². The lowest BCUT2D eigenvalue weighted by atomic mass is 10.0. The van der Waals surface area contributed by atoms with E-state index in [4.69, 9.17) is 6.57 Å². The van der Waals surface area contributed by atoms with E-state index in [1.807, 2.05) is 0 Å². The topological polar surface area (TPSA) is 9.29 Å². The zero-order valence-corrected chi connectivity index (χ0v) is 17.2. The maximum atomic E-state index is 13.7. The largest absolute Gasteiger partial charge is 0.416 e. The number of aryl methyl sites for hydroxylation is 1. The molecule has 0 amide bonds. The fourth-order valence-corrected chi connectivity index (χ4v) is 3.96. The SMILES string of the molecule is [C-]#[N+]c1ccc2c(cc(C)n2Cc2cccc(-c3cccc(C(F)(F)F)c3)c2)c1C(F)(F)F. The standard InChI is InChI=1S/C25H16F6N2/c1-15-11-20-22(10-9-21(32-2)23(20)25(29,30)31)33(15)14-16-5-3-6-17(12-16)18-7-4-8-19(13-18)24(26,27)28/h3-13H,14H2,1H3. The first-order chi connectivity index (χ1) is 15.5. The number of nitrogens with zero attached hydrogens (tertiary/aromatic N) is 2. The first-order valence-electron chi connectivity index (χ1n) is 9.83. The van der Waals surface area contributed by atoms with E-state index in [0.29, 0.717) is 27.9 Å². The van der Waals surface area contributed by atoms with Gasteiger partial charge >= 0.3 is 12.4 Å². The van der Waals surface area contributed by atoms with Crippen molar-refractivity contribution in [3.05, 3.63) is 101 Å². The van der Waals surface area contributed by atoms with E-state index in [-0.39, 0.29) is 11.9 Å². The van der Waals surface area contributed by atoms with Gasteiger partial charge in [0.1, 0.15) is 0 Å². The third kappa shape index (κ3) is 4.31. The summed E-state index contributed by atoms with van der Waals surface area (Å²) in [6.07, 6.45) is -9.14. The minimum Gasteiger partial charge on any atom is -0.341 e. The Balaban J connectivity index is 1.77. The Morgan fingerprint density at radius 1 is 0.818 bits per heavy atom. The second-order valence-electron chi connectivity index (χ2n) is 7.65. The molecule has 0 atom stereocenters. The Kier molecular flexibility index (Phi) is 5.44. The molecule has 0 fully saturated rings. The van der Waals surface area contributed by atoms with Crippen LogP contribution in [0.25, 0.3) is 26.9 Å². The van der Waals surface area contributed by atoms with Gasteiger partial charge in [0.2, 0.25) is 0 Å². The van der Waals surface area contributed by atoms with Crippen LogP contribution in [0.4, 0.5) is 32.0 Å². The maximum Gasteiger partial charge on any atom is 0.416 e. The fourth-order valence-electron chi connectivity index (χ4n) is 3.96. The van der Waals surface area contributed by atoms with Gasteiger partial charge in [0, 0.05) is 23.1 Å². The fraction of sp³-hybridized carbons (Fsp3) is 0.160. The van der Waals surface area contributed by atoms with Crippen molar-refractivity contribution in [1.29, 1.82) is 0 Å². The van der Waals surface area contributed by atoms with Crippen LogP contribution in [0, 0.1) is 13.5 Å². The Morgan fingerprint density at radius 2 is 1.48 bits per heavy atom. The van der Waals surface area contributed by atoms with Crippen LogP contribution in [0.15, 0.2) is 66.7 Å². The lowest BCUT2D eigenvalue weighted by molar-refractivity contribution is -0.137. The molecule has 4 aromatic rings. The molecule has 3 aromatic carbocycles. The third-order valence-corrected chi connectivity index (χ3v) is 5.47. The zero-order valence-electron chi connectivity index (χ0n) is 17.2. The van der Waals surface area contributed by atoms with Gasteiger partial charge in [0.05, 0.1) is 17.7 Å². The van der Waals surface area contributed by atoms with Crippen molar-refractivity contribution in [2.45, 2.75) is 25.8 Å². The van der Waals surface area contributed by atoms with Crippen LogP contribution in [0.3, 0.4) is 0 Å². The van der Waals surface area contributed by atoms with Crippen LogP contribution >= 0.6 is 0 Å². The number of rotatable bonds is 3. The van der Waals surface area contributed by atoms with Crippen LogP contribution < -0.4 is 0 Å². The van der Waals surface area contributed by atoms with Gasteiger partial charge in [-0.15, -0.1) is 0 Å². The lowest BCUT2D eigenvalue weighted by Gasteiger charge is -2.13. The molecule has 4 rings (SSSR count). The van der Waals surface area contributed by atoms with Crippen molar-refractivity contribution >= 4 is 16.6 Å². The van der Waals surface area contributed by atoms with Crippen LogP contribution in [0.1, 0.15) is 22.4 Å². The molecule has 1 heterocycles. The summed E-state index contributed by atoms with van der Waals surface area (Å²) in [6, 6.07) is 15.9. The van der Waals surface area contributed by atoms with Gasteiger partial charge in [-0.2, -0.15) is 26.3 Å². The summed E-state index contributed by atoms with van der Waals surface area (Å²) in [7, 11) is 0. The summed E-state index contributed by atoms with van der Waals surface area (Å²) in [4.78, 5) is 3.02. The van der Waals surface area contributed by atoms with E-state index in [2.05, 4.69) is 4.85 Å². The molecular formula is C25H16F6N2. The molecule has 0 aliphatic heterocycles. The molecule has 0 aliphatic rings. The van der Waals surface area contributed by atoms with Crippen molar-refractivity contribution < 1.29 is 26.3 Å². The summed E-state index contributed by atoms with van der Waals surface area (Å²) in [6.45, 7) is 8.98.